The molecule has 2 saturated carbocycles. The molecule has 7 nitrogen and oxygen atoms in total. The van der Waals surface area contributed by atoms with Crippen molar-refractivity contribution in [2.75, 3.05) is 25.2 Å². The molecule has 2 aromatic heterocycles. The van der Waals surface area contributed by atoms with Crippen LogP contribution in [0, 0.1) is 11.2 Å². The number of rotatable bonds is 8. The minimum absolute atomic E-state index is 0.00263. The molecule has 0 unspecified atom stereocenters. The maximum absolute atomic E-state index is 14.8. The Morgan fingerprint density at radius 1 is 1.21 bits per heavy atom. The van der Waals surface area contributed by atoms with Crippen molar-refractivity contribution < 1.29 is 27.6 Å². The van der Waals surface area contributed by atoms with Crippen LogP contribution >= 0.6 is 34.5 Å². The molecule has 4 aromatic rings. The summed E-state index contributed by atoms with van der Waals surface area (Å²) in [6.07, 6.45) is 4.30. The minimum atomic E-state index is -0.620. The fourth-order valence-electron chi connectivity index (χ4n) is 6.43. The van der Waals surface area contributed by atoms with Crippen molar-refractivity contribution in [2.45, 2.75) is 56.8 Å². The molecule has 2 aromatic carbocycles. The van der Waals surface area contributed by atoms with Gasteiger partial charge in [0.1, 0.15) is 23.6 Å². The second kappa shape index (κ2) is 10.7. The highest BCUT2D eigenvalue weighted by molar-refractivity contribution is 7.22. The molecule has 42 heavy (non-hydrogen) atoms. The van der Waals surface area contributed by atoms with Crippen LogP contribution in [0.25, 0.3) is 21.5 Å². The first kappa shape index (κ1) is 28.0. The minimum Gasteiger partial charge on any atom is -0.465 e. The highest BCUT2D eigenvalue weighted by Gasteiger charge is 2.53. The molecular weight excluding hydrogens is 607 g/mol. The summed E-state index contributed by atoms with van der Waals surface area (Å²) in [5.74, 6) is -0.0617. The Labute approximate surface area is 254 Å². The molecule has 3 fully saturated rings. The van der Waals surface area contributed by atoms with Crippen LogP contribution in [-0.4, -0.2) is 48.6 Å². The van der Waals surface area contributed by atoms with Gasteiger partial charge >= 0.3 is 5.97 Å². The summed E-state index contributed by atoms with van der Waals surface area (Å²) in [6, 6.07) is 7.68. The van der Waals surface area contributed by atoms with E-state index in [0.717, 1.165) is 43.1 Å². The summed E-state index contributed by atoms with van der Waals surface area (Å²) in [6.45, 7) is 0.392. The molecule has 1 aliphatic heterocycles. The van der Waals surface area contributed by atoms with E-state index in [1.54, 1.807) is 24.3 Å². The van der Waals surface area contributed by atoms with Crippen LogP contribution in [0.15, 0.2) is 34.9 Å². The molecule has 12 heteroatoms. The number of esters is 1. The number of aromatic nitrogens is 2. The number of ether oxygens (including phenoxy) is 2. The summed E-state index contributed by atoms with van der Waals surface area (Å²) in [5, 5.41) is 5.89. The number of methoxy groups -OCH3 is 1. The van der Waals surface area contributed by atoms with Gasteiger partial charge in [-0.15, -0.1) is 0 Å². The molecule has 0 amide bonds. The third-order valence-electron chi connectivity index (χ3n) is 8.65. The Hall–Kier alpha value is -2.79. The number of carbonyl (C=O) groups is 1. The average molecular weight is 635 g/mol. The highest BCUT2D eigenvalue weighted by atomic mass is 35.5. The number of alkyl halides is 1. The third kappa shape index (κ3) is 4.86. The van der Waals surface area contributed by atoms with E-state index in [4.69, 9.17) is 37.2 Å². The maximum Gasteiger partial charge on any atom is 0.338 e. The van der Waals surface area contributed by atoms with Gasteiger partial charge < -0.3 is 18.9 Å². The molecule has 1 saturated heterocycles. The molecule has 3 aliphatic rings. The van der Waals surface area contributed by atoms with Crippen LogP contribution in [0.3, 0.4) is 0 Å². The standard InChI is InChI=1S/C30H27Cl2F2N3O4S/c1-39-28(38)16-7-22(34)26-23(8-16)42-29(35-26)37-14-30(9-17(37)12-33)10-18(11-30)40-13-19-25(36-41-27(19)15-5-6-15)24-20(31)3-2-4-21(24)32/h2-4,7-8,15,17-18H,5-6,9-14H2,1H3/t17-,18?,30?/m0/s1. The van der Waals surface area contributed by atoms with E-state index < -0.39 is 18.5 Å². The number of fused-ring (bicyclic) bond motifs is 1. The number of thiazole rings is 1. The van der Waals surface area contributed by atoms with Crippen LogP contribution < -0.4 is 4.90 Å². The lowest BCUT2D eigenvalue weighted by molar-refractivity contribution is -0.0809. The maximum atomic E-state index is 14.8. The van der Waals surface area contributed by atoms with Crippen molar-refractivity contribution in [1.29, 1.82) is 0 Å². The van der Waals surface area contributed by atoms with Gasteiger partial charge in [0.25, 0.3) is 0 Å². The lowest BCUT2D eigenvalue weighted by atomic mass is 9.65. The van der Waals surface area contributed by atoms with Gasteiger partial charge in [0.05, 0.1) is 46.2 Å². The fourth-order valence-corrected chi connectivity index (χ4v) is 8.10. The Bertz CT molecular complexity index is 1660. The first-order chi connectivity index (χ1) is 20.3. The molecule has 0 N–H and O–H groups in total. The third-order valence-corrected chi connectivity index (χ3v) is 10.3. The van der Waals surface area contributed by atoms with Crippen LogP contribution in [0.4, 0.5) is 13.9 Å². The van der Waals surface area contributed by atoms with Crippen molar-refractivity contribution in [3.63, 3.8) is 0 Å². The molecule has 0 radical (unpaired) electrons. The average Bonchev–Trinajstić information content (AvgIpc) is 3.38. The largest absolute Gasteiger partial charge is 0.465 e. The number of nitrogens with zero attached hydrogens (tertiary/aromatic N) is 3. The molecule has 1 spiro atoms. The Morgan fingerprint density at radius 2 is 1.98 bits per heavy atom. The number of hydrogen-bond acceptors (Lipinski definition) is 8. The predicted molar refractivity (Wildman–Crippen MR) is 157 cm³/mol. The number of anilines is 1. The van der Waals surface area contributed by atoms with Gasteiger partial charge in [-0.1, -0.05) is 45.8 Å². The zero-order valence-electron chi connectivity index (χ0n) is 22.7. The first-order valence-corrected chi connectivity index (χ1v) is 15.4. The SMILES string of the molecule is COC(=O)c1cc(F)c2nc(N3CC4(CC(OCc5c(-c6c(Cl)cccc6Cl)noc5C5CC5)C4)C[C@H]3CF)sc2c1. The molecule has 3 heterocycles. The normalized spacial score (nSPS) is 23.6. The van der Waals surface area contributed by atoms with Crippen molar-refractivity contribution >= 4 is 55.9 Å². The topological polar surface area (TPSA) is 77.7 Å². The Morgan fingerprint density at radius 3 is 2.67 bits per heavy atom. The zero-order chi connectivity index (χ0) is 29.2. The van der Waals surface area contributed by atoms with Crippen LogP contribution in [0.2, 0.25) is 10.0 Å². The molecule has 1 atom stereocenters. The van der Waals surface area contributed by atoms with Gasteiger partial charge in [-0.3, -0.25) is 0 Å². The number of carbonyl (C=O) groups excluding carboxylic acids is 1. The number of halogens is 4. The molecule has 0 bridgehead atoms. The summed E-state index contributed by atoms with van der Waals surface area (Å²) < 4.78 is 46.4. The Balaban J connectivity index is 1.06. The van der Waals surface area contributed by atoms with E-state index in [1.807, 2.05) is 4.90 Å². The smallest absolute Gasteiger partial charge is 0.338 e. The van der Waals surface area contributed by atoms with Crippen molar-refractivity contribution in [1.82, 2.24) is 10.1 Å². The van der Waals surface area contributed by atoms with E-state index in [2.05, 4.69) is 10.1 Å². The summed E-state index contributed by atoms with van der Waals surface area (Å²) in [5.41, 5.74) is 2.32. The second-order valence-corrected chi connectivity index (χ2v) is 13.3. The van der Waals surface area contributed by atoms with Crippen molar-refractivity contribution in [3.05, 3.63) is 63.1 Å². The van der Waals surface area contributed by atoms with E-state index in [0.29, 0.717) is 56.6 Å². The molecule has 220 valence electrons. The van der Waals surface area contributed by atoms with Crippen LogP contribution in [0.5, 0.6) is 0 Å². The Kier molecular flexibility index (Phi) is 7.16. The predicted octanol–water partition coefficient (Wildman–Crippen LogP) is 7.98. The molecule has 7 rings (SSSR count). The fraction of sp³-hybridized carbons (Fsp3) is 0.433. The summed E-state index contributed by atoms with van der Waals surface area (Å²) >= 11 is 14.2. The lowest BCUT2D eigenvalue weighted by Gasteiger charge is -2.44. The molecule has 2 aliphatic carbocycles. The summed E-state index contributed by atoms with van der Waals surface area (Å²) in [7, 11) is 1.25. The van der Waals surface area contributed by atoms with Gasteiger partial charge in [0, 0.05) is 23.6 Å². The number of benzene rings is 2. The quantitative estimate of drug-likeness (QED) is 0.182. The number of hydrogen-bond donors (Lipinski definition) is 0. The van der Waals surface area contributed by atoms with Crippen LogP contribution in [0.1, 0.15) is 59.7 Å². The molecular formula is C30H27Cl2F2N3O4S. The van der Waals surface area contributed by atoms with E-state index in [-0.39, 0.29) is 28.6 Å². The highest BCUT2D eigenvalue weighted by Crippen LogP contribution is 2.54. The summed E-state index contributed by atoms with van der Waals surface area (Å²) in [4.78, 5) is 18.4. The van der Waals surface area contributed by atoms with Gasteiger partial charge in [-0.25, -0.2) is 18.6 Å². The van der Waals surface area contributed by atoms with Gasteiger partial charge in [-0.2, -0.15) is 0 Å². The van der Waals surface area contributed by atoms with E-state index in [1.165, 1.54) is 18.4 Å². The van der Waals surface area contributed by atoms with Gasteiger partial charge in [0.15, 0.2) is 10.9 Å². The monoisotopic (exact) mass is 633 g/mol. The van der Waals surface area contributed by atoms with Gasteiger partial charge in [0.2, 0.25) is 0 Å². The lowest BCUT2D eigenvalue weighted by Crippen LogP contribution is -2.44. The zero-order valence-corrected chi connectivity index (χ0v) is 25.0. The van der Waals surface area contributed by atoms with E-state index >= 15 is 0 Å². The van der Waals surface area contributed by atoms with E-state index in [9.17, 15) is 13.6 Å². The second-order valence-electron chi connectivity index (χ2n) is 11.5. The van der Waals surface area contributed by atoms with Crippen molar-refractivity contribution in [2.24, 2.45) is 5.41 Å². The van der Waals surface area contributed by atoms with Gasteiger partial charge in [-0.05, 0) is 61.8 Å². The van der Waals surface area contributed by atoms with Crippen molar-refractivity contribution in [3.8, 4) is 11.3 Å². The van der Waals surface area contributed by atoms with Crippen LogP contribution in [-0.2, 0) is 16.1 Å². The first-order valence-electron chi connectivity index (χ1n) is 13.8.